The highest BCUT2D eigenvalue weighted by atomic mass is 79.9. The van der Waals surface area contributed by atoms with Crippen molar-refractivity contribution in [2.75, 3.05) is 6.54 Å². The molecule has 1 aromatic heterocycles. The number of fused-ring (bicyclic) bond motifs is 3. The molecule has 0 radical (unpaired) electrons. The zero-order valence-corrected chi connectivity index (χ0v) is 17.4. The Hall–Kier alpha value is -2.13. The third kappa shape index (κ3) is 4.05. The first kappa shape index (κ1) is 21.1. The van der Waals surface area contributed by atoms with Gasteiger partial charge in [-0.2, -0.15) is 22.0 Å². The fourth-order valence-corrected chi connectivity index (χ4v) is 4.57. The molecular weight excluding hydrogens is 471 g/mol. The van der Waals surface area contributed by atoms with Gasteiger partial charge in [-0.1, -0.05) is 40.2 Å². The zero-order valence-electron chi connectivity index (χ0n) is 15.8. The molecule has 2 aromatic carbocycles. The number of hydrogen-bond donors (Lipinski definition) is 1. The first-order chi connectivity index (χ1) is 14.1. The Kier molecular flexibility index (Phi) is 5.52. The number of alkyl halides is 5. The van der Waals surface area contributed by atoms with E-state index in [9.17, 15) is 22.0 Å². The lowest BCUT2D eigenvalue weighted by molar-refractivity contribution is -0.155. The van der Waals surface area contributed by atoms with Crippen molar-refractivity contribution in [3.05, 3.63) is 63.8 Å². The van der Waals surface area contributed by atoms with Crippen LogP contribution in [-0.2, 0) is 6.42 Å². The van der Waals surface area contributed by atoms with Gasteiger partial charge in [0.15, 0.2) is 0 Å². The number of halogens is 6. The van der Waals surface area contributed by atoms with Crippen molar-refractivity contribution in [3.63, 3.8) is 0 Å². The molecule has 0 spiro atoms. The minimum atomic E-state index is -4.45. The van der Waals surface area contributed by atoms with Crippen molar-refractivity contribution in [2.24, 2.45) is 0 Å². The van der Waals surface area contributed by atoms with E-state index in [0.717, 1.165) is 16.5 Å². The normalized spacial score (nSPS) is 20.0. The van der Waals surface area contributed by atoms with Crippen LogP contribution in [0.2, 0.25) is 0 Å². The average Bonchev–Trinajstić information content (AvgIpc) is 3.00. The van der Waals surface area contributed by atoms with Gasteiger partial charge in [-0.05, 0) is 37.1 Å². The summed E-state index contributed by atoms with van der Waals surface area (Å²) in [7, 11) is 0. The zero-order chi connectivity index (χ0) is 21.6. The number of para-hydroxylation sites is 1. The largest absolute Gasteiger partial charge is 0.434 e. The molecule has 1 aliphatic rings. The van der Waals surface area contributed by atoms with Crippen molar-refractivity contribution in [1.82, 2.24) is 9.88 Å². The summed E-state index contributed by atoms with van der Waals surface area (Å²) in [6.45, 7) is -2.55. The topological polar surface area (TPSA) is 28.3 Å². The van der Waals surface area contributed by atoms with Crippen LogP contribution in [0.3, 0.4) is 0 Å². The van der Waals surface area contributed by atoms with E-state index in [1.54, 1.807) is 13.0 Å². The van der Waals surface area contributed by atoms with Crippen molar-refractivity contribution < 1.29 is 26.7 Å². The molecular formula is C21H18BrF5N2O. The summed E-state index contributed by atoms with van der Waals surface area (Å²) in [6, 6.07) is 10.6. The minimum absolute atomic E-state index is 0.157. The number of H-pyrrole nitrogens is 1. The van der Waals surface area contributed by atoms with Gasteiger partial charge in [-0.25, -0.2) is 0 Å². The molecule has 0 fully saturated rings. The van der Waals surface area contributed by atoms with Crippen LogP contribution in [0, 0.1) is 0 Å². The Morgan fingerprint density at radius 3 is 2.63 bits per heavy atom. The lowest BCUT2D eigenvalue weighted by Crippen LogP contribution is -2.47. The molecule has 0 bridgehead atoms. The summed E-state index contributed by atoms with van der Waals surface area (Å²) in [5, 5.41) is 0.921. The summed E-state index contributed by atoms with van der Waals surface area (Å²) in [5.41, 5.74) is 2.51. The predicted molar refractivity (Wildman–Crippen MR) is 107 cm³/mol. The van der Waals surface area contributed by atoms with Gasteiger partial charge in [-0.3, -0.25) is 4.90 Å². The van der Waals surface area contributed by atoms with E-state index in [1.165, 1.54) is 17.0 Å². The maximum atomic E-state index is 13.4. The summed E-state index contributed by atoms with van der Waals surface area (Å²) in [5.74, 6) is -0.157. The van der Waals surface area contributed by atoms with E-state index in [4.69, 9.17) is 4.74 Å². The van der Waals surface area contributed by atoms with Gasteiger partial charge >= 0.3 is 12.8 Å². The Morgan fingerprint density at radius 1 is 1.20 bits per heavy atom. The summed E-state index contributed by atoms with van der Waals surface area (Å²) >= 11 is 3.22. The number of aromatic nitrogens is 1. The SMILES string of the molecule is C[C@@H]1Cc2c([nH]c3ccccc23)[C@@H](c2ccc(Br)cc2OC(F)F)N1CC(F)(F)F. The molecule has 3 aromatic rings. The fourth-order valence-electron chi connectivity index (χ4n) is 4.23. The molecule has 0 saturated heterocycles. The van der Waals surface area contributed by atoms with E-state index in [-0.39, 0.29) is 11.3 Å². The number of nitrogens with zero attached hydrogens (tertiary/aromatic N) is 1. The fraction of sp³-hybridized carbons (Fsp3) is 0.333. The van der Waals surface area contributed by atoms with Gasteiger partial charge in [-0.15, -0.1) is 0 Å². The van der Waals surface area contributed by atoms with Crippen LogP contribution in [0.5, 0.6) is 5.75 Å². The number of nitrogens with one attached hydrogen (secondary N) is 1. The van der Waals surface area contributed by atoms with Gasteiger partial charge in [0.05, 0.1) is 12.6 Å². The van der Waals surface area contributed by atoms with E-state index < -0.39 is 31.4 Å². The van der Waals surface area contributed by atoms with Crippen LogP contribution in [0.1, 0.15) is 29.8 Å². The van der Waals surface area contributed by atoms with E-state index in [1.807, 2.05) is 24.3 Å². The molecule has 30 heavy (non-hydrogen) atoms. The quantitative estimate of drug-likeness (QED) is 0.428. The maximum Gasteiger partial charge on any atom is 0.401 e. The highest BCUT2D eigenvalue weighted by molar-refractivity contribution is 9.10. The van der Waals surface area contributed by atoms with Crippen LogP contribution in [0.25, 0.3) is 10.9 Å². The lowest BCUT2D eigenvalue weighted by atomic mass is 9.88. The Labute approximate surface area is 177 Å². The number of rotatable bonds is 4. The molecule has 0 saturated carbocycles. The second kappa shape index (κ2) is 7.85. The van der Waals surface area contributed by atoms with Gasteiger partial charge in [0, 0.05) is 32.7 Å². The monoisotopic (exact) mass is 488 g/mol. The molecule has 4 rings (SSSR count). The second-order valence-electron chi connectivity index (χ2n) is 7.37. The van der Waals surface area contributed by atoms with Gasteiger partial charge in [0.2, 0.25) is 0 Å². The number of hydrogen-bond acceptors (Lipinski definition) is 2. The second-order valence-corrected chi connectivity index (χ2v) is 8.28. The highest BCUT2D eigenvalue weighted by Gasteiger charge is 2.42. The van der Waals surface area contributed by atoms with Crippen molar-refractivity contribution >= 4 is 26.8 Å². The first-order valence-electron chi connectivity index (χ1n) is 9.30. The van der Waals surface area contributed by atoms with Crippen LogP contribution < -0.4 is 4.74 Å². The maximum absolute atomic E-state index is 13.4. The molecule has 1 N–H and O–H groups in total. The minimum Gasteiger partial charge on any atom is -0.434 e. The smallest absolute Gasteiger partial charge is 0.401 e. The number of benzene rings is 2. The standard InChI is InChI=1S/C21H18BrF5N2O/c1-11-8-15-13-4-2-3-5-16(13)28-18(15)19(29(11)10-21(25,26)27)14-7-6-12(22)9-17(14)30-20(23)24/h2-7,9,11,19-20,28H,8,10H2,1H3/t11-,19-/m1/s1. The molecule has 2 atom stereocenters. The summed E-state index contributed by atoms with van der Waals surface area (Å²) < 4.78 is 71.7. The Balaban J connectivity index is 1.94. The average molecular weight is 489 g/mol. The van der Waals surface area contributed by atoms with Crippen LogP contribution >= 0.6 is 15.9 Å². The predicted octanol–water partition coefficient (Wildman–Crippen LogP) is 6.43. The Morgan fingerprint density at radius 2 is 1.93 bits per heavy atom. The number of aromatic amines is 1. The molecule has 9 heteroatoms. The van der Waals surface area contributed by atoms with E-state index >= 15 is 0 Å². The lowest BCUT2D eigenvalue weighted by Gasteiger charge is -2.41. The molecule has 2 heterocycles. The van der Waals surface area contributed by atoms with Gasteiger partial charge < -0.3 is 9.72 Å². The summed E-state index contributed by atoms with van der Waals surface area (Å²) in [4.78, 5) is 4.52. The molecule has 0 unspecified atom stereocenters. The third-order valence-corrected chi connectivity index (χ3v) is 5.86. The molecule has 0 amide bonds. The highest BCUT2D eigenvalue weighted by Crippen LogP contribution is 2.45. The molecule has 160 valence electrons. The van der Waals surface area contributed by atoms with E-state index in [0.29, 0.717) is 16.6 Å². The van der Waals surface area contributed by atoms with Crippen molar-refractivity contribution in [1.29, 1.82) is 0 Å². The molecule has 0 aliphatic carbocycles. The van der Waals surface area contributed by atoms with Gasteiger partial charge in [0.25, 0.3) is 0 Å². The van der Waals surface area contributed by atoms with Gasteiger partial charge in [0.1, 0.15) is 5.75 Å². The molecule has 1 aliphatic heterocycles. The number of ether oxygens (including phenoxy) is 1. The molecule has 3 nitrogen and oxygen atoms in total. The Bertz CT molecular complexity index is 1070. The third-order valence-electron chi connectivity index (χ3n) is 5.37. The van der Waals surface area contributed by atoms with E-state index in [2.05, 4.69) is 20.9 Å². The summed E-state index contributed by atoms with van der Waals surface area (Å²) in [6.07, 6.45) is -4.04. The van der Waals surface area contributed by atoms with Crippen LogP contribution in [-0.4, -0.2) is 35.3 Å². The van der Waals surface area contributed by atoms with Crippen molar-refractivity contribution in [2.45, 2.75) is 38.2 Å². The van der Waals surface area contributed by atoms with Crippen LogP contribution in [0.15, 0.2) is 46.9 Å². The van der Waals surface area contributed by atoms with Crippen LogP contribution in [0.4, 0.5) is 22.0 Å². The first-order valence-corrected chi connectivity index (χ1v) is 10.1. The van der Waals surface area contributed by atoms with Crippen molar-refractivity contribution in [3.8, 4) is 5.75 Å².